The Labute approximate surface area is 163 Å². The van der Waals surface area contributed by atoms with Gasteiger partial charge in [0.05, 0.1) is 35.2 Å². The molecule has 0 bridgehead atoms. The van der Waals surface area contributed by atoms with Crippen molar-refractivity contribution in [3.63, 3.8) is 0 Å². The van der Waals surface area contributed by atoms with Crippen molar-refractivity contribution in [2.45, 2.75) is 50.9 Å². The van der Waals surface area contributed by atoms with Crippen molar-refractivity contribution in [2.75, 3.05) is 26.7 Å². The van der Waals surface area contributed by atoms with Crippen molar-refractivity contribution < 1.29 is 4.79 Å². The summed E-state index contributed by atoms with van der Waals surface area (Å²) in [6.07, 6.45) is 8.60. The highest BCUT2D eigenvalue weighted by molar-refractivity contribution is 6.99. The third kappa shape index (κ3) is 3.51. The minimum atomic E-state index is -0.0673. The van der Waals surface area contributed by atoms with Crippen molar-refractivity contribution in [3.8, 4) is 0 Å². The van der Waals surface area contributed by atoms with E-state index in [1.54, 1.807) is 6.20 Å². The summed E-state index contributed by atoms with van der Waals surface area (Å²) in [6.45, 7) is 6.60. The molecule has 27 heavy (non-hydrogen) atoms. The number of rotatable bonds is 5. The Kier molecular flexibility index (Phi) is 5.25. The van der Waals surface area contributed by atoms with E-state index in [9.17, 15) is 4.79 Å². The van der Waals surface area contributed by atoms with Gasteiger partial charge in [-0.25, -0.2) is 4.98 Å². The van der Waals surface area contributed by atoms with Crippen LogP contribution in [0.5, 0.6) is 0 Å². The molecule has 9 heteroatoms. The molecular weight excluding hydrogens is 362 g/mol. The third-order valence-corrected chi connectivity index (χ3v) is 6.62. The zero-order valence-electron chi connectivity index (χ0n) is 16.0. The molecule has 8 nitrogen and oxygen atoms in total. The number of imidazole rings is 1. The zero-order valence-corrected chi connectivity index (χ0v) is 16.8. The molecule has 2 unspecified atom stereocenters. The highest BCUT2D eigenvalue weighted by atomic mass is 32.1. The van der Waals surface area contributed by atoms with Crippen molar-refractivity contribution in [1.29, 1.82) is 0 Å². The van der Waals surface area contributed by atoms with Crippen LogP contribution in [0.25, 0.3) is 0 Å². The first-order valence-corrected chi connectivity index (χ1v) is 10.4. The average molecular weight is 390 g/mol. The van der Waals surface area contributed by atoms with Crippen molar-refractivity contribution in [3.05, 3.63) is 30.1 Å². The standard InChI is InChI=1S/C18H27N7OS/c1-3-25-10-7-19-16(25)17(26)21-15-5-9-23(2)18(15)6-4-8-24(13-18)12-14-11-20-27-22-14/h7,10-11,15H,3-6,8-9,12-13H2,1-2H3,(H,21,26). The SMILES string of the molecule is CCn1ccnc1C(=O)NC1CCN(C)C12CCCN(Cc1cnsn1)C2. The molecule has 0 aliphatic carbocycles. The number of likely N-dealkylation sites (N-methyl/N-ethyl adjacent to an activating group) is 1. The van der Waals surface area contributed by atoms with Gasteiger partial charge in [0.25, 0.3) is 5.91 Å². The monoisotopic (exact) mass is 389 g/mol. The summed E-state index contributed by atoms with van der Waals surface area (Å²) in [5.74, 6) is 0.436. The number of nitrogens with zero attached hydrogens (tertiary/aromatic N) is 6. The summed E-state index contributed by atoms with van der Waals surface area (Å²) < 4.78 is 10.4. The number of carbonyl (C=O) groups is 1. The molecule has 2 aliphatic rings. The molecular formula is C18H27N7OS. The zero-order chi connectivity index (χ0) is 18.9. The van der Waals surface area contributed by atoms with Gasteiger partial charge >= 0.3 is 0 Å². The topological polar surface area (TPSA) is 79.2 Å². The van der Waals surface area contributed by atoms with Crippen LogP contribution in [-0.2, 0) is 13.1 Å². The number of hydrogen-bond acceptors (Lipinski definition) is 7. The van der Waals surface area contributed by atoms with E-state index in [-0.39, 0.29) is 17.5 Å². The lowest BCUT2D eigenvalue weighted by molar-refractivity contribution is 0.0347. The van der Waals surface area contributed by atoms with Crippen LogP contribution >= 0.6 is 11.7 Å². The van der Waals surface area contributed by atoms with Gasteiger partial charge in [-0.15, -0.1) is 0 Å². The maximum atomic E-state index is 12.9. The number of hydrogen-bond donors (Lipinski definition) is 1. The summed E-state index contributed by atoms with van der Waals surface area (Å²) in [5.41, 5.74) is 1.00. The minimum absolute atomic E-state index is 0.0268. The fraction of sp³-hybridized carbons (Fsp3) is 0.667. The molecule has 1 spiro atoms. The largest absolute Gasteiger partial charge is 0.345 e. The summed E-state index contributed by atoms with van der Waals surface area (Å²) in [7, 11) is 2.19. The molecule has 0 radical (unpaired) electrons. The van der Waals surface area contributed by atoms with E-state index >= 15 is 0 Å². The van der Waals surface area contributed by atoms with Gasteiger partial charge in [-0.1, -0.05) is 0 Å². The second kappa shape index (κ2) is 7.65. The van der Waals surface area contributed by atoms with E-state index in [4.69, 9.17) is 0 Å². The first kappa shape index (κ1) is 18.5. The van der Waals surface area contributed by atoms with Crippen LogP contribution in [0.4, 0.5) is 0 Å². The second-order valence-electron chi connectivity index (χ2n) is 7.59. The number of likely N-dealkylation sites (tertiary alicyclic amines) is 2. The minimum Gasteiger partial charge on any atom is -0.345 e. The molecule has 2 aliphatic heterocycles. The Bertz CT molecular complexity index is 777. The Hall–Kier alpha value is -1.84. The Morgan fingerprint density at radius 3 is 3.11 bits per heavy atom. The van der Waals surface area contributed by atoms with E-state index in [0.29, 0.717) is 5.82 Å². The van der Waals surface area contributed by atoms with Crippen LogP contribution in [0.1, 0.15) is 42.5 Å². The van der Waals surface area contributed by atoms with E-state index in [2.05, 4.69) is 35.9 Å². The lowest BCUT2D eigenvalue weighted by Gasteiger charge is -2.47. The Balaban J connectivity index is 1.50. The van der Waals surface area contributed by atoms with Gasteiger partial charge in [0.1, 0.15) is 0 Å². The van der Waals surface area contributed by atoms with E-state index in [0.717, 1.165) is 57.7 Å². The predicted octanol–water partition coefficient (Wildman–Crippen LogP) is 1.22. The summed E-state index contributed by atoms with van der Waals surface area (Å²) in [4.78, 5) is 22.0. The van der Waals surface area contributed by atoms with Crippen LogP contribution in [-0.4, -0.2) is 72.3 Å². The molecule has 1 amide bonds. The third-order valence-electron chi connectivity index (χ3n) is 6.10. The maximum Gasteiger partial charge on any atom is 0.287 e. The van der Waals surface area contributed by atoms with Crippen LogP contribution in [0.15, 0.2) is 18.6 Å². The van der Waals surface area contributed by atoms with Crippen molar-refractivity contribution in [2.24, 2.45) is 0 Å². The average Bonchev–Trinajstić information content (AvgIpc) is 3.40. The fourth-order valence-electron chi connectivity index (χ4n) is 4.65. The van der Waals surface area contributed by atoms with Crippen LogP contribution in [0, 0.1) is 0 Å². The number of aromatic nitrogens is 4. The molecule has 0 saturated carbocycles. The maximum absolute atomic E-state index is 12.9. The molecule has 2 fully saturated rings. The lowest BCUT2D eigenvalue weighted by Crippen LogP contribution is -2.63. The van der Waals surface area contributed by atoms with Gasteiger partial charge < -0.3 is 9.88 Å². The number of piperidine rings is 1. The molecule has 2 saturated heterocycles. The van der Waals surface area contributed by atoms with E-state index in [1.807, 2.05) is 23.9 Å². The van der Waals surface area contributed by atoms with Gasteiger partial charge in [-0.2, -0.15) is 8.75 Å². The van der Waals surface area contributed by atoms with Gasteiger partial charge in [0.2, 0.25) is 0 Å². The molecule has 4 rings (SSSR count). The normalized spacial score (nSPS) is 26.7. The number of nitrogens with one attached hydrogen (secondary N) is 1. The van der Waals surface area contributed by atoms with Crippen molar-refractivity contribution in [1.82, 2.24) is 33.4 Å². The van der Waals surface area contributed by atoms with Gasteiger partial charge in [0, 0.05) is 38.6 Å². The van der Waals surface area contributed by atoms with Gasteiger partial charge in [0.15, 0.2) is 5.82 Å². The van der Waals surface area contributed by atoms with Crippen molar-refractivity contribution >= 4 is 17.6 Å². The summed E-state index contributed by atoms with van der Waals surface area (Å²) in [6, 6.07) is 0.133. The van der Waals surface area contributed by atoms with Gasteiger partial charge in [-0.3, -0.25) is 14.6 Å². The summed E-state index contributed by atoms with van der Waals surface area (Å²) in [5, 5.41) is 3.31. The summed E-state index contributed by atoms with van der Waals surface area (Å²) >= 11 is 1.26. The quantitative estimate of drug-likeness (QED) is 0.828. The second-order valence-corrected chi connectivity index (χ2v) is 8.15. The first-order valence-electron chi connectivity index (χ1n) is 9.64. The number of amides is 1. The molecule has 2 atom stereocenters. The predicted molar refractivity (Wildman–Crippen MR) is 104 cm³/mol. The number of carbonyl (C=O) groups excluding carboxylic acids is 1. The molecule has 2 aromatic rings. The number of aryl methyl sites for hydroxylation is 1. The highest BCUT2D eigenvalue weighted by Gasteiger charge is 2.50. The lowest BCUT2D eigenvalue weighted by atomic mass is 9.82. The molecule has 2 aromatic heterocycles. The fourth-order valence-corrected chi connectivity index (χ4v) is 5.08. The van der Waals surface area contributed by atoms with E-state index in [1.165, 1.54) is 11.7 Å². The van der Waals surface area contributed by atoms with Crippen LogP contribution in [0.2, 0.25) is 0 Å². The Morgan fingerprint density at radius 1 is 1.44 bits per heavy atom. The molecule has 0 aromatic carbocycles. The first-order chi connectivity index (χ1) is 13.1. The molecule has 4 heterocycles. The van der Waals surface area contributed by atoms with E-state index < -0.39 is 0 Å². The highest BCUT2D eigenvalue weighted by Crippen LogP contribution is 2.37. The Morgan fingerprint density at radius 2 is 2.33 bits per heavy atom. The van der Waals surface area contributed by atoms with Gasteiger partial charge in [-0.05, 0) is 39.8 Å². The van der Waals surface area contributed by atoms with Crippen LogP contribution in [0.3, 0.4) is 0 Å². The molecule has 1 N–H and O–H groups in total. The smallest absolute Gasteiger partial charge is 0.287 e. The molecule has 146 valence electrons. The van der Waals surface area contributed by atoms with Crippen LogP contribution < -0.4 is 5.32 Å².